The molecular formula is C14H12N4O4S. The molecule has 9 heteroatoms. The van der Waals surface area contributed by atoms with Gasteiger partial charge in [-0.2, -0.15) is 4.98 Å². The lowest BCUT2D eigenvalue weighted by Crippen LogP contribution is -2.12. The van der Waals surface area contributed by atoms with Gasteiger partial charge in [-0.1, -0.05) is 5.16 Å². The van der Waals surface area contributed by atoms with Gasteiger partial charge in [-0.15, -0.1) is 0 Å². The van der Waals surface area contributed by atoms with E-state index in [1.807, 2.05) is 0 Å². The third kappa shape index (κ3) is 3.05. The molecule has 0 spiro atoms. The maximum atomic E-state index is 11.4. The molecule has 8 nitrogen and oxygen atoms in total. The first-order valence-corrected chi connectivity index (χ1v) is 7.99. The predicted molar refractivity (Wildman–Crippen MR) is 80.9 cm³/mol. The number of pyridine rings is 1. The summed E-state index contributed by atoms with van der Waals surface area (Å²) in [6.45, 7) is 0. The number of ether oxygens (including phenoxy) is 1. The van der Waals surface area contributed by atoms with Crippen LogP contribution < -0.4 is 9.88 Å². The first kappa shape index (κ1) is 15.1. The Hall–Kier alpha value is -2.78. The zero-order valence-corrected chi connectivity index (χ0v) is 12.8. The van der Waals surface area contributed by atoms with Crippen molar-refractivity contribution >= 4 is 10.0 Å². The Balaban J connectivity index is 2.04. The zero-order valence-electron chi connectivity index (χ0n) is 12.0. The van der Waals surface area contributed by atoms with E-state index in [0.29, 0.717) is 17.0 Å². The van der Waals surface area contributed by atoms with Gasteiger partial charge in [-0.25, -0.2) is 13.6 Å². The summed E-state index contributed by atoms with van der Waals surface area (Å²) < 4.78 is 33.2. The lowest BCUT2D eigenvalue weighted by Gasteiger charge is -2.06. The van der Waals surface area contributed by atoms with Crippen LogP contribution >= 0.6 is 0 Å². The second-order valence-corrected chi connectivity index (χ2v) is 6.13. The number of nitrogens with zero attached hydrogens (tertiary/aromatic N) is 3. The summed E-state index contributed by atoms with van der Waals surface area (Å²) in [7, 11) is -2.41. The van der Waals surface area contributed by atoms with Crippen molar-refractivity contribution in [1.29, 1.82) is 0 Å². The van der Waals surface area contributed by atoms with Gasteiger partial charge in [-0.3, -0.25) is 4.98 Å². The van der Waals surface area contributed by atoms with Gasteiger partial charge >= 0.3 is 0 Å². The maximum Gasteiger partial charge on any atom is 0.259 e. The molecule has 0 aliphatic heterocycles. The van der Waals surface area contributed by atoms with E-state index in [0.717, 1.165) is 0 Å². The number of rotatable bonds is 4. The number of nitrogens with two attached hydrogens (primary N) is 1. The molecule has 0 fully saturated rings. The first-order valence-electron chi connectivity index (χ1n) is 6.44. The molecular weight excluding hydrogens is 320 g/mol. The van der Waals surface area contributed by atoms with Crippen LogP contribution in [0.15, 0.2) is 52.1 Å². The molecule has 3 rings (SSSR count). The SMILES string of the molecule is COc1cc(S(N)(=O)=O)ccc1-c1noc(-c2cccnc2)n1. The van der Waals surface area contributed by atoms with Crippen LogP contribution in [0.2, 0.25) is 0 Å². The Morgan fingerprint density at radius 2 is 2.09 bits per heavy atom. The van der Waals surface area contributed by atoms with Crippen LogP contribution in [0.4, 0.5) is 0 Å². The summed E-state index contributed by atoms with van der Waals surface area (Å²) in [4.78, 5) is 8.19. The van der Waals surface area contributed by atoms with Crippen LogP contribution in [0, 0.1) is 0 Å². The molecule has 3 aromatic rings. The molecule has 0 bridgehead atoms. The number of hydrogen-bond donors (Lipinski definition) is 1. The fraction of sp³-hybridized carbons (Fsp3) is 0.0714. The minimum Gasteiger partial charge on any atom is -0.496 e. The minimum atomic E-state index is -3.82. The van der Waals surface area contributed by atoms with Crippen LogP contribution in [0.25, 0.3) is 22.8 Å². The van der Waals surface area contributed by atoms with Crippen molar-refractivity contribution in [3.8, 4) is 28.6 Å². The van der Waals surface area contributed by atoms with E-state index < -0.39 is 10.0 Å². The van der Waals surface area contributed by atoms with Gasteiger partial charge < -0.3 is 9.26 Å². The summed E-state index contributed by atoms with van der Waals surface area (Å²) in [6, 6.07) is 7.71. The van der Waals surface area contributed by atoms with Crippen LogP contribution in [0.5, 0.6) is 5.75 Å². The molecule has 1 aromatic carbocycles. The van der Waals surface area contributed by atoms with Crippen molar-refractivity contribution in [1.82, 2.24) is 15.1 Å². The normalized spacial score (nSPS) is 11.4. The van der Waals surface area contributed by atoms with Crippen molar-refractivity contribution in [2.45, 2.75) is 4.90 Å². The Morgan fingerprint density at radius 3 is 2.74 bits per heavy atom. The van der Waals surface area contributed by atoms with Crippen LogP contribution in [0.3, 0.4) is 0 Å². The molecule has 2 aromatic heterocycles. The highest BCUT2D eigenvalue weighted by atomic mass is 32.2. The van der Waals surface area contributed by atoms with Crippen LogP contribution in [0.1, 0.15) is 0 Å². The highest BCUT2D eigenvalue weighted by molar-refractivity contribution is 7.89. The van der Waals surface area contributed by atoms with Gasteiger partial charge in [0.25, 0.3) is 5.89 Å². The fourth-order valence-corrected chi connectivity index (χ4v) is 2.50. The van der Waals surface area contributed by atoms with E-state index in [-0.39, 0.29) is 16.5 Å². The minimum absolute atomic E-state index is 0.0610. The van der Waals surface area contributed by atoms with Crippen molar-refractivity contribution in [3.05, 3.63) is 42.7 Å². The highest BCUT2D eigenvalue weighted by Crippen LogP contribution is 2.31. The van der Waals surface area contributed by atoms with Crippen molar-refractivity contribution in [2.24, 2.45) is 5.14 Å². The summed E-state index contributed by atoms with van der Waals surface area (Å²) in [5.74, 6) is 0.836. The van der Waals surface area contributed by atoms with Crippen molar-refractivity contribution in [3.63, 3.8) is 0 Å². The Labute approximate surface area is 132 Å². The predicted octanol–water partition coefficient (Wildman–Crippen LogP) is 1.45. The summed E-state index contributed by atoms with van der Waals surface area (Å²) in [6.07, 6.45) is 3.23. The van der Waals surface area contributed by atoms with Gasteiger partial charge in [0.15, 0.2) is 0 Å². The quantitative estimate of drug-likeness (QED) is 0.767. The van der Waals surface area contributed by atoms with Crippen LogP contribution in [-0.4, -0.2) is 30.7 Å². The third-order valence-corrected chi connectivity index (χ3v) is 3.99. The fourth-order valence-electron chi connectivity index (χ4n) is 1.97. The third-order valence-electron chi connectivity index (χ3n) is 3.08. The molecule has 0 radical (unpaired) electrons. The van der Waals surface area contributed by atoms with Gasteiger partial charge in [0.1, 0.15) is 5.75 Å². The maximum absolute atomic E-state index is 11.4. The lowest BCUT2D eigenvalue weighted by atomic mass is 10.2. The monoisotopic (exact) mass is 332 g/mol. The average molecular weight is 332 g/mol. The van der Waals surface area contributed by atoms with Gasteiger partial charge in [0.05, 0.1) is 23.1 Å². The summed E-state index contributed by atoms with van der Waals surface area (Å²) in [5, 5.41) is 9.00. The van der Waals surface area contributed by atoms with Gasteiger partial charge in [0.2, 0.25) is 15.8 Å². The van der Waals surface area contributed by atoms with E-state index in [2.05, 4.69) is 15.1 Å². The van der Waals surface area contributed by atoms with Gasteiger partial charge in [-0.05, 0) is 24.3 Å². The topological polar surface area (TPSA) is 121 Å². The number of primary sulfonamides is 1. The van der Waals surface area contributed by atoms with E-state index in [9.17, 15) is 8.42 Å². The summed E-state index contributed by atoms with van der Waals surface area (Å²) >= 11 is 0. The second-order valence-electron chi connectivity index (χ2n) is 4.57. The highest BCUT2D eigenvalue weighted by Gasteiger charge is 2.17. The van der Waals surface area contributed by atoms with E-state index in [4.69, 9.17) is 14.4 Å². The molecule has 0 amide bonds. The largest absolute Gasteiger partial charge is 0.496 e. The number of sulfonamides is 1. The smallest absolute Gasteiger partial charge is 0.259 e. The van der Waals surface area contributed by atoms with Crippen molar-refractivity contribution in [2.75, 3.05) is 7.11 Å². The first-order chi connectivity index (χ1) is 11.0. The molecule has 2 heterocycles. The molecule has 0 aliphatic rings. The Morgan fingerprint density at radius 1 is 1.26 bits per heavy atom. The number of aromatic nitrogens is 3. The van der Waals surface area contributed by atoms with Gasteiger partial charge in [0, 0.05) is 18.5 Å². The standard InChI is InChI=1S/C14H12N4O4S/c1-21-12-7-10(23(15,19)20)4-5-11(12)13-17-14(22-18-13)9-3-2-6-16-8-9/h2-8H,1H3,(H2,15,19,20). The van der Waals surface area contributed by atoms with E-state index in [1.54, 1.807) is 24.5 Å². The molecule has 0 saturated heterocycles. The Bertz CT molecular complexity index is 938. The lowest BCUT2D eigenvalue weighted by molar-refractivity contribution is 0.412. The number of benzene rings is 1. The molecule has 23 heavy (non-hydrogen) atoms. The second kappa shape index (κ2) is 5.78. The number of methoxy groups -OCH3 is 1. The summed E-state index contributed by atoms with van der Waals surface area (Å²) in [5.41, 5.74) is 1.16. The molecule has 0 aliphatic carbocycles. The van der Waals surface area contributed by atoms with Crippen LogP contribution in [-0.2, 0) is 10.0 Å². The zero-order chi connectivity index (χ0) is 16.4. The molecule has 0 saturated carbocycles. The Kier molecular flexibility index (Phi) is 3.80. The molecule has 0 atom stereocenters. The van der Waals surface area contributed by atoms with E-state index >= 15 is 0 Å². The van der Waals surface area contributed by atoms with Crippen molar-refractivity contribution < 1.29 is 17.7 Å². The van der Waals surface area contributed by atoms with E-state index in [1.165, 1.54) is 25.3 Å². The average Bonchev–Trinajstić information content (AvgIpc) is 3.04. The molecule has 2 N–H and O–H groups in total. The molecule has 118 valence electrons. The number of hydrogen-bond acceptors (Lipinski definition) is 7. The molecule has 0 unspecified atom stereocenters.